The molecule has 1 fully saturated rings. The van der Waals surface area contributed by atoms with Gasteiger partial charge >= 0.3 is 0 Å². The lowest BCUT2D eigenvalue weighted by Gasteiger charge is -2.30. The van der Waals surface area contributed by atoms with Crippen LogP contribution in [0.15, 0.2) is 0 Å². The Morgan fingerprint density at radius 1 is 1.15 bits per heavy atom. The fraction of sp³-hybridized carbons (Fsp3) is 0.812. The van der Waals surface area contributed by atoms with Gasteiger partial charge in [0.15, 0.2) is 0 Å². The number of piperidine rings is 1. The van der Waals surface area contributed by atoms with Gasteiger partial charge in [0.1, 0.15) is 0 Å². The number of hydrogen-bond acceptors (Lipinski definition) is 3. The van der Waals surface area contributed by atoms with Gasteiger partial charge in [-0.3, -0.25) is 4.68 Å². The number of likely N-dealkylation sites (tertiary alicyclic amines) is 1. The summed E-state index contributed by atoms with van der Waals surface area (Å²) in [6.07, 6.45) is 4.13. The molecule has 0 spiro atoms. The summed E-state index contributed by atoms with van der Waals surface area (Å²) >= 11 is 0. The first-order valence-corrected chi connectivity index (χ1v) is 7.97. The van der Waals surface area contributed by atoms with Gasteiger partial charge in [0.25, 0.3) is 0 Å². The van der Waals surface area contributed by atoms with Crippen molar-refractivity contribution >= 4 is 0 Å². The fourth-order valence-corrected chi connectivity index (χ4v) is 3.51. The molecule has 0 aromatic carbocycles. The van der Waals surface area contributed by atoms with Crippen LogP contribution >= 0.6 is 0 Å². The molecule has 0 saturated carbocycles. The van der Waals surface area contributed by atoms with Crippen LogP contribution in [-0.4, -0.2) is 40.4 Å². The molecule has 1 aliphatic rings. The van der Waals surface area contributed by atoms with Crippen LogP contribution < -0.4 is 5.32 Å². The van der Waals surface area contributed by atoms with Crippen molar-refractivity contribution in [3.63, 3.8) is 0 Å². The van der Waals surface area contributed by atoms with Crippen LogP contribution in [0.5, 0.6) is 0 Å². The average molecular weight is 278 g/mol. The second-order valence-corrected chi connectivity index (χ2v) is 6.36. The lowest BCUT2D eigenvalue weighted by atomic mass is 10.1. The first-order valence-electron chi connectivity index (χ1n) is 7.97. The number of nitrogens with zero attached hydrogens (tertiary/aromatic N) is 3. The van der Waals surface area contributed by atoms with Gasteiger partial charge in [-0.15, -0.1) is 0 Å². The fourth-order valence-electron chi connectivity index (χ4n) is 3.51. The molecule has 114 valence electrons. The van der Waals surface area contributed by atoms with Crippen molar-refractivity contribution in [3.8, 4) is 0 Å². The zero-order valence-electron chi connectivity index (χ0n) is 13.7. The molecule has 1 aromatic heterocycles. The summed E-state index contributed by atoms with van der Waals surface area (Å²) in [4.78, 5) is 2.59. The number of aryl methyl sites for hydroxylation is 2. The van der Waals surface area contributed by atoms with Crippen molar-refractivity contribution < 1.29 is 0 Å². The monoisotopic (exact) mass is 278 g/mol. The van der Waals surface area contributed by atoms with Crippen LogP contribution in [0.4, 0.5) is 0 Å². The average Bonchev–Trinajstić information content (AvgIpc) is 2.64. The highest BCUT2D eigenvalue weighted by atomic mass is 15.3. The van der Waals surface area contributed by atoms with Crippen LogP contribution in [-0.2, 0) is 7.05 Å². The zero-order chi connectivity index (χ0) is 14.7. The smallest absolute Gasteiger partial charge is 0.0644 e. The number of rotatable bonds is 5. The van der Waals surface area contributed by atoms with Crippen LogP contribution in [0.2, 0.25) is 0 Å². The van der Waals surface area contributed by atoms with Crippen molar-refractivity contribution in [3.05, 3.63) is 17.0 Å². The van der Waals surface area contributed by atoms with E-state index >= 15 is 0 Å². The molecule has 4 nitrogen and oxygen atoms in total. The Bertz CT molecular complexity index is 432. The molecular formula is C16H30N4. The summed E-state index contributed by atoms with van der Waals surface area (Å²) in [6.45, 7) is 12.5. The third kappa shape index (κ3) is 3.61. The minimum absolute atomic E-state index is 0.364. The van der Waals surface area contributed by atoms with Crippen molar-refractivity contribution in [2.24, 2.45) is 7.05 Å². The zero-order valence-corrected chi connectivity index (χ0v) is 13.7. The maximum atomic E-state index is 4.52. The van der Waals surface area contributed by atoms with E-state index in [-0.39, 0.29) is 0 Å². The second kappa shape index (κ2) is 6.72. The molecule has 0 radical (unpaired) electrons. The van der Waals surface area contributed by atoms with Crippen molar-refractivity contribution in [1.82, 2.24) is 20.0 Å². The van der Waals surface area contributed by atoms with Gasteiger partial charge in [-0.2, -0.15) is 5.10 Å². The molecule has 4 heteroatoms. The molecule has 0 amide bonds. The molecule has 0 bridgehead atoms. The minimum Gasteiger partial charge on any atom is -0.306 e. The van der Waals surface area contributed by atoms with Gasteiger partial charge in [0, 0.05) is 36.9 Å². The highest BCUT2D eigenvalue weighted by Gasteiger charge is 2.19. The molecular weight excluding hydrogens is 248 g/mol. The third-order valence-corrected chi connectivity index (χ3v) is 4.51. The Kier molecular flexibility index (Phi) is 5.22. The van der Waals surface area contributed by atoms with Crippen LogP contribution in [0.25, 0.3) is 0 Å². The van der Waals surface area contributed by atoms with Crippen LogP contribution in [0, 0.1) is 13.8 Å². The lowest BCUT2D eigenvalue weighted by Crippen LogP contribution is -2.42. The third-order valence-electron chi connectivity index (χ3n) is 4.51. The lowest BCUT2D eigenvalue weighted by molar-refractivity contribution is 0.205. The highest BCUT2D eigenvalue weighted by molar-refractivity contribution is 5.27. The Hall–Kier alpha value is -0.870. The predicted molar refractivity (Wildman–Crippen MR) is 84.0 cm³/mol. The first-order chi connectivity index (χ1) is 9.49. The van der Waals surface area contributed by atoms with Gasteiger partial charge < -0.3 is 10.2 Å². The van der Waals surface area contributed by atoms with E-state index in [1.54, 1.807) is 0 Å². The Labute approximate surface area is 123 Å². The summed E-state index contributed by atoms with van der Waals surface area (Å²) in [6, 6.07) is 0.880. The van der Waals surface area contributed by atoms with E-state index in [1.165, 1.54) is 43.6 Å². The number of nitrogens with one attached hydrogen (secondary N) is 1. The van der Waals surface area contributed by atoms with Crippen molar-refractivity contribution in [2.75, 3.05) is 19.6 Å². The normalized spacial score (nSPS) is 20.1. The maximum absolute atomic E-state index is 4.52. The van der Waals surface area contributed by atoms with Gasteiger partial charge in [-0.1, -0.05) is 6.42 Å². The van der Waals surface area contributed by atoms with Gasteiger partial charge in [-0.25, -0.2) is 0 Å². The molecule has 2 unspecified atom stereocenters. The van der Waals surface area contributed by atoms with Gasteiger partial charge in [-0.05, 0) is 53.6 Å². The summed E-state index contributed by atoms with van der Waals surface area (Å²) < 4.78 is 1.98. The van der Waals surface area contributed by atoms with Gasteiger partial charge in [0.2, 0.25) is 0 Å². The van der Waals surface area contributed by atoms with Crippen LogP contribution in [0.1, 0.15) is 56.1 Å². The van der Waals surface area contributed by atoms with E-state index in [2.05, 4.69) is 43.0 Å². The topological polar surface area (TPSA) is 33.1 Å². The van der Waals surface area contributed by atoms with E-state index < -0.39 is 0 Å². The SMILES string of the molecule is Cc1nn(C)c(C)c1C(C)NC(C)CN1CCCCC1. The van der Waals surface area contributed by atoms with Crippen molar-refractivity contribution in [2.45, 2.75) is 59.0 Å². The minimum atomic E-state index is 0.364. The molecule has 0 aliphatic carbocycles. The quantitative estimate of drug-likeness (QED) is 0.898. The summed E-state index contributed by atoms with van der Waals surface area (Å²) in [5.41, 5.74) is 3.78. The van der Waals surface area contributed by atoms with E-state index in [9.17, 15) is 0 Å². The Morgan fingerprint density at radius 2 is 1.80 bits per heavy atom. The van der Waals surface area contributed by atoms with Crippen molar-refractivity contribution in [1.29, 1.82) is 0 Å². The summed E-state index contributed by atoms with van der Waals surface area (Å²) in [5.74, 6) is 0. The Balaban J connectivity index is 1.91. The first kappa shape index (κ1) is 15.5. The molecule has 2 heterocycles. The number of hydrogen-bond donors (Lipinski definition) is 1. The van der Waals surface area contributed by atoms with Gasteiger partial charge in [0.05, 0.1) is 5.69 Å². The molecule has 1 aliphatic heterocycles. The molecule has 1 aromatic rings. The Morgan fingerprint density at radius 3 is 2.35 bits per heavy atom. The van der Waals surface area contributed by atoms with E-state index in [0.29, 0.717) is 12.1 Å². The maximum Gasteiger partial charge on any atom is 0.0644 e. The predicted octanol–water partition coefficient (Wildman–Crippen LogP) is 2.56. The molecule has 1 N–H and O–H groups in total. The second-order valence-electron chi connectivity index (χ2n) is 6.36. The standard InChI is InChI=1S/C16H30N4/c1-12(11-20-9-7-6-8-10-20)17-13(2)16-14(3)18-19(5)15(16)4/h12-13,17H,6-11H2,1-5H3. The molecule has 20 heavy (non-hydrogen) atoms. The summed E-state index contributed by atoms with van der Waals surface area (Å²) in [7, 11) is 2.02. The largest absolute Gasteiger partial charge is 0.306 e. The van der Waals surface area contributed by atoms with E-state index in [1.807, 2.05) is 11.7 Å². The summed E-state index contributed by atoms with van der Waals surface area (Å²) in [5, 5.41) is 8.26. The van der Waals surface area contributed by atoms with E-state index in [4.69, 9.17) is 0 Å². The molecule has 2 atom stereocenters. The van der Waals surface area contributed by atoms with Crippen LogP contribution in [0.3, 0.4) is 0 Å². The highest BCUT2D eigenvalue weighted by Crippen LogP contribution is 2.21. The molecule has 1 saturated heterocycles. The molecule has 2 rings (SSSR count). The van der Waals surface area contributed by atoms with E-state index in [0.717, 1.165) is 12.2 Å². The number of aromatic nitrogens is 2.